The van der Waals surface area contributed by atoms with E-state index < -0.39 is 0 Å². The van der Waals surface area contributed by atoms with Crippen LogP contribution in [0.4, 0.5) is 0 Å². The van der Waals surface area contributed by atoms with Crippen molar-refractivity contribution >= 4 is 6.08 Å². The third kappa shape index (κ3) is 2.93. The van der Waals surface area contributed by atoms with E-state index in [1.54, 1.807) is 6.08 Å². The highest BCUT2D eigenvalue weighted by molar-refractivity contribution is 5.53. The van der Waals surface area contributed by atoms with E-state index in [0.717, 1.165) is 5.56 Å². The molecule has 1 fully saturated rings. The van der Waals surface area contributed by atoms with E-state index in [-0.39, 0.29) is 16.5 Å². The third-order valence-corrected chi connectivity index (χ3v) is 3.08. The lowest BCUT2D eigenvalue weighted by atomic mass is 10.0. The van der Waals surface area contributed by atoms with Gasteiger partial charge in [0, 0.05) is 12.0 Å². The van der Waals surface area contributed by atoms with Crippen LogP contribution in [0, 0.1) is 16.0 Å². The Morgan fingerprint density at radius 2 is 2.18 bits per heavy atom. The molecule has 1 saturated carbocycles. The average molecular weight is 231 g/mol. The molecule has 0 atom stereocenters. The highest BCUT2D eigenvalue weighted by atomic mass is 16.6. The Balaban J connectivity index is 2.29. The number of benzene rings is 1. The lowest BCUT2D eigenvalue weighted by molar-refractivity contribution is -0.431. The molecule has 0 heterocycles. The first-order valence-corrected chi connectivity index (χ1v) is 6.04. The van der Waals surface area contributed by atoms with Gasteiger partial charge in [-0.05, 0) is 29.9 Å². The number of allylic oxidation sites excluding steroid dienone is 1. The van der Waals surface area contributed by atoms with Crippen molar-refractivity contribution in [1.29, 1.82) is 0 Å². The second kappa shape index (κ2) is 4.70. The van der Waals surface area contributed by atoms with Crippen LogP contribution in [0.3, 0.4) is 0 Å². The summed E-state index contributed by atoms with van der Waals surface area (Å²) >= 11 is 0. The van der Waals surface area contributed by atoms with Crippen LogP contribution in [0.25, 0.3) is 6.08 Å². The molecule has 0 aliphatic heterocycles. The van der Waals surface area contributed by atoms with Crippen molar-refractivity contribution in [2.45, 2.75) is 32.6 Å². The molecule has 0 N–H and O–H groups in total. The number of nitrogens with zero attached hydrogens (tertiary/aromatic N) is 1. The molecular formula is C14H17NO2. The molecule has 0 bridgehead atoms. The molecule has 90 valence electrons. The Hall–Kier alpha value is -1.64. The minimum absolute atomic E-state index is 0.0606. The molecule has 0 saturated heterocycles. The molecule has 1 aliphatic rings. The fourth-order valence-electron chi connectivity index (χ4n) is 1.92. The van der Waals surface area contributed by atoms with Crippen LogP contribution in [0.5, 0.6) is 0 Å². The maximum atomic E-state index is 10.9. The first kappa shape index (κ1) is 11.8. The van der Waals surface area contributed by atoms with Crippen molar-refractivity contribution in [3.05, 3.63) is 51.2 Å². The highest BCUT2D eigenvalue weighted by Crippen LogP contribution is 2.40. The molecule has 3 nitrogen and oxygen atoms in total. The Morgan fingerprint density at radius 1 is 1.47 bits per heavy atom. The molecule has 0 aromatic heterocycles. The first-order chi connectivity index (χ1) is 8.08. The molecule has 1 aromatic rings. The fraction of sp³-hybridized carbons (Fsp3) is 0.429. The van der Waals surface area contributed by atoms with E-state index in [4.69, 9.17) is 0 Å². The summed E-state index contributed by atoms with van der Waals surface area (Å²) in [6.07, 6.45) is 4.19. The summed E-state index contributed by atoms with van der Waals surface area (Å²) in [5.41, 5.74) is 2.53. The van der Waals surface area contributed by atoms with Gasteiger partial charge in [-0.15, -0.1) is 0 Å². The van der Waals surface area contributed by atoms with Gasteiger partial charge in [-0.25, -0.2) is 0 Å². The molecule has 0 spiro atoms. The first-order valence-electron chi connectivity index (χ1n) is 6.04. The van der Waals surface area contributed by atoms with Crippen molar-refractivity contribution in [2.24, 2.45) is 5.92 Å². The van der Waals surface area contributed by atoms with Gasteiger partial charge in [0.2, 0.25) is 5.70 Å². The van der Waals surface area contributed by atoms with E-state index in [0.29, 0.717) is 5.92 Å². The number of hydrogen-bond donors (Lipinski definition) is 0. The topological polar surface area (TPSA) is 43.1 Å². The number of nitro groups is 1. The number of rotatable bonds is 4. The summed E-state index contributed by atoms with van der Waals surface area (Å²) in [6.45, 7) is 3.69. The maximum absolute atomic E-state index is 10.9. The third-order valence-electron chi connectivity index (χ3n) is 3.08. The van der Waals surface area contributed by atoms with E-state index in [1.807, 2.05) is 26.0 Å². The molecule has 1 aromatic carbocycles. The van der Waals surface area contributed by atoms with E-state index >= 15 is 0 Å². The second-order valence-electron chi connectivity index (χ2n) is 4.93. The molecule has 17 heavy (non-hydrogen) atoms. The zero-order valence-electron chi connectivity index (χ0n) is 10.2. The minimum Gasteiger partial charge on any atom is -0.259 e. The summed E-state index contributed by atoms with van der Waals surface area (Å²) in [7, 11) is 0. The fourth-order valence-corrected chi connectivity index (χ4v) is 1.92. The maximum Gasteiger partial charge on any atom is 0.249 e. The van der Waals surface area contributed by atoms with Crippen LogP contribution in [0.2, 0.25) is 0 Å². The van der Waals surface area contributed by atoms with Gasteiger partial charge in [0.25, 0.3) is 0 Å². The summed E-state index contributed by atoms with van der Waals surface area (Å²) in [4.78, 5) is 10.6. The predicted octanol–water partition coefficient (Wildman–Crippen LogP) is 3.84. The van der Waals surface area contributed by atoms with Crippen molar-refractivity contribution in [3.63, 3.8) is 0 Å². The van der Waals surface area contributed by atoms with Gasteiger partial charge in [0.15, 0.2) is 0 Å². The Bertz CT molecular complexity index is 459. The molecule has 3 heteroatoms. The SMILES string of the molecule is CC(C)/C(=C/c1cccc(C2CC2)c1)[N+](=O)[O-]. The zero-order chi connectivity index (χ0) is 12.4. The Kier molecular flexibility index (Phi) is 3.27. The van der Waals surface area contributed by atoms with E-state index in [2.05, 4.69) is 12.1 Å². The van der Waals surface area contributed by atoms with E-state index in [9.17, 15) is 10.1 Å². The van der Waals surface area contributed by atoms with Crippen LogP contribution in [0.15, 0.2) is 30.0 Å². The van der Waals surface area contributed by atoms with Gasteiger partial charge in [-0.3, -0.25) is 10.1 Å². The minimum atomic E-state index is -0.283. The standard InChI is InChI=1S/C14H17NO2/c1-10(2)14(15(16)17)9-11-4-3-5-13(8-11)12-6-7-12/h3-5,8-10,12H,6-7H2,1-2H3/b14-9-. The average Bonchev–Trinajstić information content (AvgIpc) is 3.09. The van der Waals surface area contributed by atoms with Crippen LogP contribution in [0.1, 0.15) is 43.7 Å². The molecule has 0 radical (unpaired) electrons. The summed E-state index contributed by atoms with van der Waals surface area (Å²) in [5, 5.41) is 10.9. The van der Waals surface area contributed by atoms with Gasteiger partial charge in [-0.1, -0.05) is 38.1 Å². The van der Waals surface area contributed by atoms with Crippen LogP contribution in [-0.4, -0.2) is 4.92 Å². The van der Waals surface area contributed by atoms with Gasteiger partial charge < -0.3 is 0 Å². The van der Waals surface area contributed by atoms with Gasteiger partial charge in [0.1, 0.15) is 0 Å². The van der Waals surface area contributed by atoms with Crippen molar-refractivity contribution in [2.75, 3.05) is 0 Å². The normalized spacial score (nSPS) is 16.3. The zero-order valence-corrected chi connectivity index (χ0v) is 10.2. The predicted molar refractivity (Wildman–Crippen MR) is 68.2 cm³/mol. The molecule has 2 rings (SSSR count). The summed E-state index contributed by atoms with van der Waals surface area (Å²) < 4.78 is 0. The smallest absolute Gasteiger partial charge is 0.249 e. The Labute approximate surface area is 101 Å². The summed E-state index contributed by atoms with van der Waals surface area (Å²) in [6, 6.07) is 8.09. The largest absolute Gasteiger partial charge is 0.259 e. The lowest BCUT2D eigenvalue weighted by Crippen LogP contribution is -2.05. The molecule has 0 unspecified atom stereocenters. The second-order valence-corrected chi connectivity index (χ2v) is 4.93. The van der Waals surface area contributed by atoms with Gasteiger partial charge in [0.05, 0.1) is 4.92 Å². The van der Waals surface area contributed by atoms with Crippen LogP contribution < -0.4 is 0 Å². The lowest BCUT2D eigenvalue weighted by Gasteiger charge is -2.03. The van der Waals surface area contributed by atoms with Gasteiger partial charge >= 0.3 is 0 Å². The number of hydrogen-bond acceptors (Lipinski definition) is 2. The van der Waals surface area contributed by atoms with Crippen LogP contribution in [-0.2, 0) is 0 Å². The van der Waals surface area contributed by atoms with Crippen molar-refractivity contribution < 1.29 is 4.92 Å². The summed E-state index contributed by atoms with van der Waals surface area (Å²) in [5.74, 6) is 0.621. The van der Waals surface area contributed by atoms with Crippen molar-refractivity contribution in [3.8, 4) is 0 Å². The van der Waals surface area contributed by atoms with Gasteiger partial charge in [-0.2, -0.15) is 0 Å². The van der Waals surface area contributed by atoms with Crippen LogP contribution >= 0.6 is 0 Å². The van der Waals surface area contributed by atoms with E-state index in [1.165, 1.54) is 18.4 Å². The van der Waals surface area contributed by atoms with Crippen molar-refractivity contribution in [1.82, 2.24) is 0 Å². The monoisotopic (exact) mass is 231 g/mol. The molecular weight excluding hydrogens is 214 g/mol. The highest BCUT2D eigenvalue weighted by Gasteiger charge is 2.23. The molecule has 1 aliphatic carbocycles. The quantitative estimate of drug-likeness (QED) is 0.583. The molecule has 0 amide bonds. The Morgan fingerprint density at radius 3 is 2.71 bits per heavy atom.